The lowest BCUT2D eigenvalue weighted by Crippen LogP contribution is -2.68. The van der Waals surface area contributed by atoms with Gasteiger partial charge in [0.25, 0.3) is 0 Å². The number of allylic oxidation sites excluding steroid dienone is 2. The number of hydrogen-bond donors (Lipinski definition) is 4. The topological polar surface area (TPSA) is 98.0 Å². The van der Waals surface area contributed by atoms with E-state index >= 15 is 0 Å². The maximum atomic E-state index is 12.8. The molecule has 12 atom stereocenters. The Bertz CT molecular complexity index is 930. The molecule has 0 bridgehead atoms. The Balaban J connectivity index is 1.62. The van der Waals surface area contributed by atoms with Gasteiger partial charge in [0.1, 0.15) is 0 Å². The molecule has 5 heteroatoms. The Kier molecular flexibility index (Phi) is 5.73. The summed E-state index contributed by atoms with van der Waals surface area (Å²) in [5, 5.41) is 42.9. The van der Waals surface area contributed by atoms with Crippen LogP contribution in [0, 0.1) is 56.7 Å². The first kappa shape index (κ1) is 25.7. The van der Waals surface area contributed by atoms with Gasteiger partial charge in [-0.05, 0) is 97.2 Å². The van der Waals surface area contributed by atoms with Gasteiger partial charge in [-0.3, -0.25) is 4.79 Å². The summed E-state index contributed by atoms with van der Waals surface area (Å²) in [5.41, 5.74) is -0.214. The molecular weight excluding hydrogens is 440 g/mol. The van der Waals surface area contributed by atoms with Gasteiger partial charge in [-0.1, -0.05) is 53.2 Å². The Morgan fingerprint density at radius 1 is 1.00 bits per heavy atom. The molecule has 0 amide bonds. The van der Waals surface area contributed by atoms with Gasteiger partial charge < -0.3 is 20.4 Å². The van der Waals surface area contributed by atoms with Crippen molar-refractivity contribution in [1.29, 1.82) is 0 Å². The van der Waals surface area contributed by atoms with E-state index in [2.05, 4.69) is 40.7 Å². The van der Waals surface area contributed by atoms with Gasteiger partial charge in [-0.15, -0.1) is 0 Å². The molecule has 5 nitrogen and oxygen atoms in total. The second-order valence-corrected chi connectivity index (χ2v) is 14.5. The highest BCUT2D eigenvalue weighted by Gasteiger charge is 2.70. The maximum absolute atomic E-state index is 12.8. The Morgan fingerprint density at radius 3 is 2.31 bits per heavy atom. The lowest BCUT2D eigenvalue weighted by atomic mass is 9.33. The molecule has 0 radical (unpaired) electrons. The van der Waals surface area contributed by atoms with Crippen molar-refractivity contribution in [1.82, 2.24) is 0 Å². The molecule has 4 N–H and O–H groups in total. The first-order valence-corrected chi connectivity index (χ1v) is 14.1. The average Bonchev–Trinajstić information content (AvgIpc) is 2.80. The molecule has 35 heavy (non-hydrogen) atoms. The van der Waals surface area contributed by atoms with Crippen LogP contribution in [-0.4, -0.2) is 45.2 Å². The summed E-state index contributed by atoms with van der Waals surface area (Å²) in [4.78, 5) is 12.8. The molecule has 4 unspecified atom stereocenters. The zero-order chi connectivity index (χ0) is 25.8. The van der Waals surface area contributed by atoms with Crippen LogP contribution in [0.3, 0.4) is 0 Å². The van der Waals surface area contributed by atoms with Crippen molar-refractivity contribution in [2.45, 2.75) is 105 Å². The zero-order valence-electron chi connectivity index (χ0n) is 22.7. The van der Waals surface area contributed by atoms with E-state index in [0.717, 1.165) is 44.9 Å². The summed E-state index contributed by atoms with van der Waals surface area (Å²) < 4.78 is 0. The molecular formula is C30H48O5. The van der Waals surface area contributed by atoms with E-state index in [1.807, 2.05) is 6.92 Å². The third-order valence-electron chi connectivity index (χ3n) is 13.5. The van der Waals surface area contributed by atoms with Crippen LogP contribution >= 0.6 is 0 Å². The van der Waals surface area contributed by atoms with Gasteiger partial charge in [0.2, 0.25) is 0 Å². The molecule has 5 rings (SSSR count). The number of aliphatic carboxylic acids is 1. The predicted molar refractivity (Wildman–Crippen MR) is 135 cm³/mol. The SMILES string of the molecule is C[C@@H]1CCC2(C(=O)O)CC[C@]3(C)C(=CCC4[C@@]5(C)C[C@@H](O)[C@H](O)[C@@](C)(CO)C5CC[C@]43C)C2[C@H]1C. The number of carboxylic acids is 1. The highest BCUT2D eigenvalue weighted by Crippen LogP contribution is 2.75. The fraction of sp³-hybridized carbons (Fsp3) is 0.900. The third-order valence-corrected chi connectivity index (χ3v) is 13.5. The number of rotatable bonds is 2. The van der Waals surface area contributed by atoms with Crippen LogP contribution in [0.5, 0.6) is 0 Å². The number of aliphatic hydroxyl groups is 3. The number of fused-ring (bicyclic) bond motifs is 7. The minimum atomic E-state index is -0.907. The lowest BCUT2D eigenvalue weighted by molar-refractivity contribution is -0.244. The van der Waals surface area contributed by atoms with Gasteiger partial charge in [0.15, 0.2) is 0 Å². The molecule has 0 aromatic rings. The molecule has 4 fully saturated rings. The second kappa shape index (κ2) is 7.80. The van der Waals surface area contributed by atoms with Crippen LogP contribution in [0.2, 0.25) is 0 Å². The van der Waals surface area contributed by atoms with Crippen LogP contribution in [-0.2, 0) is 4.79 Å². The monoisotopic (exact) mass is 488 g/mol. The molecule has 4 saturated carbocycles. The summed E-state index contributed by atoms with van der Waals surface area (Å²) in [6.07, 6.45) is 7.51. The van der Waals surface area contributed by atoms with E-state index in [4.69, 9.17) is 0 Å². The smallest absolute Gasteiger partial charge is 0.310 e. The van der Waals surface area contributed by atoms with Gasteiger partial charge in [-0.2, -0.15) is 0 Å². The van der Waals surface area contributed by atoms with Crippen molar-refractivity contribution < 1.29 is 25.2 Å². The fourth-order valence-electron chi connectivity index (χ4n) is 11.0. The van der Waals surface area contributed by atoms with Crippen LogP contribution in [0.15, 0.2) is 11.6 Å². The van der Waals surface area contributed by atoms with E-state index in [1.165, 1.54) is 5.57 Å². The number of carboxylic acid groups (broad SMARTS) is 1. The van der Waals surface area contributed by atoms with Gasteiger partial charge >= 0.3 is 5.97 Å². The third kappa shape index (κ3) is 2.95. The number of aliphatic hydroxyl groups excluding tert-OH is 3. The molecule has 5 aliphatic rings. The summed E-state index contributed by atoms with van der Waals surface area (Å²) in [6.45, 7) is 13.6. The summed E-state index contributed by atoms with van der Waals surface area (Å²) in [6, 6.07) is 0. The second-order valence-electron chi connectivity index (χ2n) is 14.5. The van der Waals surface area contributed by atoms with E-state index < -0.39 is 29.0 Å². The molecule has 198 valence electrons. The van der Waals surface area contributed by atoms with Gasteiger partial charge in [0, 0.05) is 5.41 Å². The molecule has 0 saturated heterocycles. The van der Waals surface area contributed by atoms with Crippen molar-refractivity contribution in [2.75, 3.05) is 6.61 Å². The molecule has 0 aromatic heterocycles. The van der Waals surface area contributed by atoms with Crippen molar-refractivity contribution in [2.24, 2.45) is 56.7 Å². The largest absolute Gasteiger partial charge is 0.481 e. The number of carbonyl (C=O) groups is 1. The quantitative estimate of drug-likeness (QED) is 0.409. The predicted octanol–water partition coefficient (Wildman–Crippen LogP) is 5.03. The van der Waals surface area contributed by atoms with Gasteiger partial charge in [-0.25, -0.2) is 0 Å². The highest BCUT2D eigenvalue weighted by atomic mass is 16.4. The van der Waals surface area contributed by atoms with Gasteiger partial charge in [0.05, 0.1) is 24.2 Å². The Labute approximate surface area is 211 Å². The fourth-order valence-corrected chi connectivity index (χ4v) is 11.0. The molecule has 0 heterocycles. The molecule has 0 aliphatic heterocycles. The minimum Gasteiger partial charge on any atom is -0.481 e. The standard InChI is InChI=1S/C30H48O5/c1-17-9-12-30(25(34)35)14-13-28(5)19(23(30)18(17)2)7-8-22-26(3)15-20(32)24(33)27(4,16-31)21(26)10-11-29(22,28)6/h7,17-18,20-24,31-33H,8-16H2,1-6H3,(H,34,35)/t17-,18+,20-,21?,22?,23?,24+,26+,27+,28-,29-,30?/m1/s1. The zero-order valence-corrected chi connectivity index (χ0v) is 22.7. The normalized spacial score (nSPS) is 57.7. The molecule has 0 aromatic carbocycles. The summed E-state index contributed by atoms with van der Waals surface area (Å²) >= 11 is 0. The van der Waals surface area contributed by atoms with Crippen molar-refractivity contribution in [3.05, 3.63) is 11.6 Å². The first-order chi connectivity index (χ1) is 16.2. The molecule has 0 spiro atoms. The summed E-state index contributed by atoms with van der Waals surface area (Å²) in [5.74, 6) is 0.828. The van der Waals surface area contributed by atoms with Crippen LogP contribution in [0.4, 0.5) is 0 Å². The van der Waals surface area contributed by atoms with Crippen molar-refractivity contribution in [3.8, 4) is 0 Å². The Morgan fingerprint density at radius 2 is 1.69 bits per heavy atom. The van der Waals surface area contributed by atoms with Crippen molar-refractivity contribution in [3.63, 3.8) is 0 Å². The number of hydrogen-bond acceptors (Lipinski definition) is 4. The van der Waals surface area contributed by atoms with Crippen LogP contribution in [0.1, 0.15) is 92.9 Å². The van der Waals surface area contributed by atoms with Crippen molar-refractivity contribution >= 4 is 5.97 Å². The summed E-state index contributed by atoms with van der Waals surface area (Å²) in [7, 11) is 0. The highest BCUT2D eigenvalue weighted by molar-refractivity contribution is 5.76. The van der Waals surface area contributed by atoms with Crippen LogP contribution < -0.4 is 0 Å². The minimum absolute atomic E-state index is 0.00815. The van der Waals surface area contributed by atoms with E-state index in [1.54, 1.807) is 0 Å². The average molecular weight is 489 g/mol. The van der Waals surface area contributed by atoms with E-state index in [0.29, 0.717) is 24.2 Å². The maximum Gasteiger partial charge on any atom is 0.310 e. The lowest BCUT2D eigenvalue weighted by Gasteiger charge is -2.71. The Hall–Kier alpha value is -0.910. The van der Waals surface area contributed by atoms with Crippen LogP contribution in [0.25, 0.3) is 0 Å². The molecule has 5 aliphatic carbocycles. The van der Waals surface area contributed by atoms with E-state index in [-0.39, 0.29) is 34.7 Å². The first-order valence-electron chi connectivity index (χ1n) is 14.1. The van der Waals surface area contributed by atoms with E-state index in [9.17, 15) is 25.2 Å².